The molecule has 0 atom stereocenters. The van der Waals surface area contributed by atoms with Gasteiger partial charge in [0.15, 0.2) is 0 Å². The molecule has 0 fully saturated rings. The van der Waals surface area contributed by atoms with E-state index in [2.05, 4.69) is 13.0 Å². The molecule has 0 spiro atoms. The van der Waals surface area contributed by atoms with Crippen LogP contribution in [0.25, 0.3) is 0 Å². The largest absolute Gasteiger partial charge is 0.145 e. The van der Waals surface area contributed by atoms with Gasteiger partial charge < -0.3 is 0 Å². The molecule has 0 nitrogen and oxygen atoms in total. The highest BCUT2D eigenvalue weighted by atomic mass is 32.2. The Bertz CT molecular complexity index is 327. The van der Waals surface area contributed by atoms with Crippen LogP contribution in [0.3, 0.4) is 0 Å². The van der Waals surface area contributed by atoms with Crippen LogP contribution in [-0.4, -0.2) is 0 Å². The second kappa shape index (κ2) is 3.22. The van der Waals surface area contributed by atoms with Gasteiger partial charge >= 0.3 is 0 Å². The highest BCUT2D eigenvalue weighted by Gasteiger charge is 2.19. The van der Waals surface area contributed by atoms with Gasteiger partial charge in [-0.15, -0.1) is 22.7 Å². The van der Waals surface area contributed by atoms with Crippen molar-refractivity contribution in [2.75, 3.05) is 0 Å². The third-order valence-electron chi connectivity index (χ3n) is 1.14. The molecule has 5 heteroatoms. The molecule has 0 unspecified atom stereocenters. The molecule has 1 aromatic heterocycles. The van der Waals surface area contributed by atoms with E-state index in [0.717, 1.165) is 3.14 Å². The highest BCUT2D eigenvalue weighted by molar-refractivity contribution is 8.26. The van der Waals surface area contributed by atoms with E-state index in [0.29, 0.717) is 0 Å². The maximum Gasteiger partial charge on any atom is 0.145 e. The van der Waals surface area contributed by atoms with E-state index in [4.69, 9.17) is 12.2 Å². The molecule has 0 radical (unpaired) electrons. The normalized spacial score (nSPS) is 15.2. The molecule has 0 saturated carbocycles. The topological polar surface area (TPSA) is 0 Å². The van der Waals surface area contributed by atoms with Gasteiger partial charge in [0.2, 0.25) is 0 Å². The van der Waals surface area contributed by atoms with Crippen molar-refractivity contribution in [3.8, 4) is 0 Å². The van der Waals surface area contributed by atoms with Gasteiger partial charge in [-0.25, -0.2) is 0 Å². The van der Waals surface area contributed by atoms with Crippen molar-refractivity contribution < 1.29 is 0 Å². The molecular weight excluding hydrogens is 232 g/mol. The fraction of sp³-hybridized carbons (Fsp3) is 0.167. The first kappa shape index (κ1) is 8.31. The summed E-state index contributed by atoms with van der Waals surface area (Å²) in [6.07, 6.45) is 2.15. The van der Waals surface area contributed by atoms with Crippen LogP contribution in [0.4, 0.5) is 0 Å². The summed E-state index contributed by atoms with van der Waals surface area (Å²) >= 11 is 12.2. The third-order valence-corrected chi connectivity index (χ3v) is 6.92. The lowest BCUT2D eigenvalue weighted by Crippen LogP contribution is -1.52. The van der Waals surface area contributed by atoms with Gasteiger partial charge in [0, 0.05) is 4.24 Å². The van der Waals surface area contributed by atoms with Gasteiger partial charge in [0.25, 0.3) is 0 Å². The molecule has 0 aliphatic carbocycles. The lowest BCUT2D eigenvalue weighted by atomic mass is 10.8. The Morgan fingerprint density at radius 1 is 1.18 bits per heavy atom. The van der Waals surface area contributed by atoms with Gasteiger partial charge in [0.05, 0.1) is 8.42 Å². The number of rotatable bonds is 0. The van der Waals surface area contributed by atoms with Crippen molar-refractivity contribution in [3.63, 3.8) is 0 Å². The molecule has 11 heavy (non-hydrogen) atoms. The first-order chi connectivity index (χ1) is 5.29. The van der Waals surface area contributed by atoms with Crippen LogP contribution < -0.4 is 0 Å². The fourth-order valence-electron chi connectivity index (χ4n) is 0.702. The van der Waals surface area contributed by atoms with Crippen molar-refractivity contribution >= 4 is 58.4 Å². The monoisotopic (exact) mass is 236 g/mol. The van der Waals surface area contributed by atoms with Gasteiger partial charge in [-0.2, -0.15) is 0 Å². The van der Waals surface area contributed by atoms with Crippen LogP contribution in [-0.2, 0) is 0 Å². The maximum atomic E-state index is 5.09. The van der Waals surface area contributed by atoms with E-state index in [1.165, 1.54) is 12.7 Å². The van der Waals surface area contributed by atoms with Crippen LogP contribution in [0.15, 0.2) is 18.7 Å². The molecule has 0 bridgehead atoms. The van der Waals surface area contributed by atoms with Crippen molar-refractivity contribution in [2.45, 2.75) is 15.3 Å². The lowest BCUT2D eigenvalue weighted by Gasteiger charge is -1.87. The molecule has 1 aromatic rings. The zero-order chi connectivity index (χ0) is 7.84. The Morgan fingerprint density at radius 2 is 1.73 bits per heavy atom. The SMILES string of the molecule is CC=C1Sc2sc(=S)sc2S1. The number of thioether (sulfide) groups is 2. The molecule has 0 saturated heterocycles. The molecule has 1 aliphatic rings. The zero-order valence-corrected chi connectivity index (χ0v) is 9.70. The van der Waals surface area contributed by atoms with E-state index in [1.807, 2.05) is 23.5 Å². The quantitative estimate of drug-likeness (QED) is 0.604. The third kappa shape index (κ3) is 1.58. The summed E-state index contributed by atoms with van der Waals surface area (Å²) in [5.41, 5.74) is 0. The molecule has 0 amide bonds. The molecule has 0 aromatic carbocycles. The minimum atomic E-state index is 1.05. The van der Waals surface area contributed by atoms with Crippen LogP contribution in [0.2, 0.25) is 0 Å². The summed E-state index contributed by atoms with van der Waals surface area (Å²) in [7, 11) is 0. The summed E-state index contributed by atoms with van der Waals surface area (Å²) in [6, 6.07) is 0. The minimum Gasteiger partial charge on any atom is -0.105 e. The van der Waals surface area contributed by atoms with Gasteiger partial charge in [-0.1, -0.05) is 41.8 Å². The zero-order valence-electron chi connectivity index (χ0n) is 5.62. The number of allylic oxidation sites excluding steroid dienone is 1. The van der Waals surface area contributed by atoms with Crippen molar-refractivity contribution in [1.29, 1.82) is 0 Å². The predicted molar refractivity (Wildman–Crippen MR) is 58.5 cm³/mol. The standard InChI is InChI=1S/C6H4S5/c1-2-3-8-4-5(9-3)11-6(7)10-4/h2H,1H3. The Morgan fingerprint density at radius 3 is 2.18 bits per heavy atom. The van der Waals surface area contributed by atoms with Crippen molar-refractivity contribution in [3.05, 3.63) is 13.5 Å². The Balaban J connectivity index is 2.44. The first-order valence-corrected chi connectivity index (χ1v) is 6.63. The first-order valence-electron chi connectivity index (χ1n) is 2.95. The van der Waals surface area contributed by atoms with E-state index < -0.39 is 0 Å². The number of hydrogen-bond acceptors (Lipinski definition) is 5. The van der Waals surface area contributed by atoms with Crippen LogP contribution in [0, 0.1) is 3.14 Å². The van der Waals surface area contributed by atoms with E-state index in [9.17, 15) is 0 Å². The van der Waals surface area contributed by atoms with E-state index in [-0.39, 0.29) is 0 Å². The summed E-state index contributed by atoms with van der Waals surface area (Å²) in [5, 5.41) is 0. The molecule has 58 valence electrons. The summed E-state index contributed by atoms with van der Waals surface area (Å²) in [5.74, 6) is 0. The van der Waals surface area contributed by atoms with Gasteiger partial charge in [-0.05, 0) is 6.92 Å². The van der Waals surface area contributed by atoms with Crippen molar-refractivity contribution in [2.24, 2.45) is 0 Å². The second-order valence-electron chi connectivity index (χ2n) is 1.84. The van der Waals surface area contributed by atoms with Gasteiger partial charge in [-0.3, -0.25) is 0 Å². The molecule has 2 rings (SSSR count). The number of hydrogen-bond donors (Lipinski definition) is 0. The average Bonchev–Trinajstić information content (AvgIpc) is 2.43. The minimum absolute atomic E-state index is 1.05. The maximum absolute atomic E-state index is 5.09. The van der Waals surface area contributed by atoms with Crippen LogP contribution >= 0.6 is 58.4 Å². The Hall–Kier alpha value is 0.710. The second-order valence-corrected chi connectivity index (χ2v) is 7.95. The van der Waals surface area contributed by atoms with Crippen LogP contribution in [0.1, 0.15) is 6.92 Å². The van der Waals surface area contributed by atoms with E-state index in [1.54, 1.807) is 22.7 Å². The van der Waals surface area contributed by atoms with Gasteiger partial charge in [0.1, 0.15) is 3.14 Å². The lowest BCUT2D eigenvalue weighted by molar-refractivity contribution is 1.56. The highest BCUT2D eigenvalue weighted by Crippen LogP contribution is 2.55. The van der Waals surface area contributed by atoms with Crippen molar-refractivity contribution in [1.82, 2.24) is 0 Å². The summed E-state index contributed by atoms with van der Waals surface area (Å²) < 4.78 is 5.21. The Kier molecular flexibility index (Phi) is 2.43. The summed E-state index contributed by atoms with van der Waals surface area (Å²) in [6.45, 7) is 2.07. The number of fused-ring (bicyclic) bond motifs is 1. The Labute approximate surface area is 86.7 Å². The van der Waals surface area contributed by atoms with E-state index >= 15 is 0 Å². The summed E-state index contributed by atoms with van der Waals surface area (Å²) in [4.78, 5) is 0. The molecule has 0 N–H and O–H groups in total. The molecular formula is C6H4S5. The smallest absolute Gasteiger partial charge is 0.105 e. The average molecular weight is 236 g/mol. The predicted octanol–water partition coefficient (Wildman–Crippen LogP) is 4.60. The fourth-order valence-corrected chi connectivity index (χ4v) is 7.09. The van der Waals surface area contributed by atoms with Crippen LogP contribution in [0.5, 0.6) is 0 Å². The molecule has 1 aliphatic heterocycles. The molecule has 2 heterocycles.